The molecular weight excluding hydrogens is 286 g/mol. The summed E-state index contributed by atoms with van der Waals surface area (Å²) < 4.78 is 2.88. The minimum atomic E-state index is -0.803. The van der Waals surface area contributed by atoms with Crippen molar-refractivity contribution in [2.75, 3.05) is 13.1 Å². The molecular formula is C11H18BrN3O2. The second-order valence-electron chi connectivity index (χ2n) is 3.86. The van der Waals surface area contributed by atoms with Crippen LogP contribution in [0.25, 0.3) is 0 Å². The smallest absolute Gasteiger partial charge is 0.317 e. The van der Waals surface area contributed by atoms with E-state index in [1.807, 2.05) is 30.4 Å². The van der Waals surface area contributed by atoms with Gasteiger partial charge in [0.1, 0.15) is 0 Å². The molecule has 5 nitrogen and oxygen atoms in total. The van der Waals surface area contributed by atoms with Gasteiger partial charge in [0.2, 0.25) is 0 Å². The fourth-order valence-corrected chi connectivity index (χ4v) is 2.11. The maximum absolute atomic E-state index is 10.7. The summed E-state index contributed by atoms with van der Waals surface area (Å²) in [5, 5.41) is 13.2. The Morgan fingerprint density at radius 1 is 1.53 bits per heavy atom. The Bertz CT molecular complexity index is 404. The van der Waals surface area contributed by atoms with Gasteiger partial charge < -0.3 is 5.11 Å². The summed E-state index contributed by atoms with van der Waals surface area (Å²) in [6.45, 7) is 8.05. The van der Waals surface area contributed by atoms with Gasteiger partial charge in [-0.15, -0.1) is 0 Å². The van der Waals surface area contributed by atoms with Crippen LogP contribution in [-0.2, 0) is 17.9 Å². The summed E-state index contributed by atoms with van der Waals surface area (Å²) in [5.74, 6) is -0.803. The number of carbonyl (C=O) groups is 1. The third kappa shape index (κ3) is 3.54. The number of nitrogens with zero attached hydrogens (tertiary/aromatic N) is 3. The van der Waals surface area contributed by atoms with Crippen LogP contribution in [0.4, 0.5) is 0 Å². The van der Waals surface area contributed by atoms with Crippen LogP contribution in [-0.4, -0.2) is 38.8 Å². The normalized spacial score (nSPS) is 11.1. The summed E-state index contributed by atoms with van der Waals surface area (Å²) >= 11 is 3.51. The van der Waals surface area contributed by atoms with Gasteiger partial charge in [-0.05, 0) is 36.3 Å². The zero-order chi connectivity index (χ0) is 13.0. The highest BCUT2D eigenvalue weighted by Crippen LogP contribution is 2.22. The van der Waals surface area contributed by atoms with Gasteiger partial charge in [-0.25, -0.2) is 0 Å². The molecule has 0 bridgehead atoms. The fraction of sp³-hybridized carbons (Fsp3) is 0.636. The molecule has 0 amide bonds. The standard InChI is InChI=1S/C11H18BrN3O2/c1-4-14(7-10(16)17)6-9-11(12)8(3)13-15(9)5-2/h4-7H2,1-3H3,(H,16,17). The topological polar surface area (TPSA) is 58.4 Å². The second-order valence-corrected chi connectivity index (χ2v) is 4.65. The van der Waals surface area contributed by atoms with Crippen molar-refractivity contribution in [3.05, 3.63) is 15.9 Å². The van der Waals surface area contributed by atoms with Crippen molar-refractivity contribution in [3.63, 3.8) is 0 Å². The summed E-state index contributed by atoms with van der Waals surface area (Å²) in [7, 11) is 0. The van der Waals surface area contributed by atoms with Crippen molar-refractivity contribution in [1.29, 1.82) is 0 Å². The monoisotopic (exact) mass is 303 g/mol. The van der Waals surface area contributed by atoms with Crippen LogP contribution in [0.1, 0.15) is 25.2 Å². The molecule has 1 rings (SSSR count). The van der Waals surface area contributed by atoms with Crippen LogP contribution >= 0.6 is 15.9 Å². The average Bonchev–Trinajstić information content (AvgIpc) is 2.55. The molecule has 0 spiro atoms. The molecule has 17 heavy (non-hydrogen) atoms. The molecule has 0 aliphatic heterocycles. The molecule has 0 unspecified atom stereocenters. The molecule has 0 radical (unpaired) electrons. The molecule has 0 fully saturated rings. The SMILES string of the molecule is CCN(CC(=O)O)Cc1c(Br)c(C)nn1CC. The van der Waals surface area contributed by atoms with Crippen LogP contribution < -0.4 is 0 Å². The Hall–Kier alpha value is -0.880. The van der Waals surface area contributed by atoms with E-state index < -0.39 is 5.97 Å². The first kappa shape index (κ1) is 14.2. The lowest BCUT2D eigenvalue weighted by molar-refractivity contribution is -0.138. The molecule has 0 aliphatic carbocycles. The zero-order valence-electron chi connectivity index (χ0n) is 10.4. The molecule has 0 saturated heterocycles. The summed E-state index contributed by atoms with van der Waals surface area (Å²) in [4.78, 5) is 12.6. The van der Waals surface area contributed by atoms with Gasteiger partial charge in [0, 0.05) is 13.1 Å². The van der Waals surface area contributed by atoms with Crippen molar-refractivity contribution in [2.24, 2.45) is 0 Å². The van der Waals surface area contributed by atoms with Crippen molar-refractivity contribution in [3.8, 4) is 0 Å². The first-order valence-corrected chi connectivity index (χ1v) is 6.44. The number of carboxylic acids is 1. The van der Waals surface area contributed by atoms with Crippen LogP contribution in [0.15, 0.2) is 4.47 Å². The van der Waals surface area contributed by atoms with Crippen molar-refractivity contribution in [1.82, 2.24) is 14.7 Å². The number of aliphatic carboxylic acids is 1. The third-order valence-electron chi connectivity index (χ3n) is 2.63. The van der Waals surface area contributed by atoms with Crippen LogP contribution in [0.5, 0.6) is 0 Å². The van der Waals surface area contributed by atoms with Crippen molar-refractivity contribution in [2.45, 2.75) is 33.9 Å². The largest absolute Gasteiger partial charge is 0.480 e. The highest BCUT2D eigenvalue weighted by Gasteiger charge is 2.16. The fourth-order valence-electron chi connectivity index (χ4n) is 1.70. The predicted octanol–water partition coefficient (Wildman–Crippen LogP) is 1.88. The molecule has 0 aliphatic rings. The average molecular weight is 304 g/mol. The van der Waals surface area contributed by atoms with Gasteiger partial charge in [0.05, 0.1) is 22.4 Å². The van der Waals surface area contributed by atoms with E-state index in [2.05, 4.69) is 21.0 Å². The summed E-state index contributed by atoms with van der Waals surface area (Å²) in [6.07, 6.45) is 0. The number of likely N-dealkylation sites (N-methyl/N-ethyl adjacent to an activating group) is 1. The number of aromatic nitrogens is 2. The van der Waals surface area contributed by atoms with Crippen molar-refractivity contribution >= 4 is 21.9 Å². The Labute approximate surface area is 110 Å². The van der Waals surface area contributed by atoms with Gasteiger partial charge in [0.25, 0.3) is 0 Å². The van der Waals surface area contributed by atoms with Gasteiger partial charge in [0.15, 0.2) is 0 Å². The van der Waals surface area contributed by atoms with Crippen molar-refractivity contribution < 1.29 is 9.90 Å². The van der Waals surface area contributed by atoms with E-state index in [1.165, 1.54) is 0 Å². The molecule has 1 aromatic rings. The number of hydrogen-bond acceptors (Lipinski definition) is 3. The molecule has 96 valence electrons. The Kier molecular flexibility index (Phi) is 5.14. The Balaban J connectivity index is 2.88. The van der Waals surface area contributed by atoms with E-state index in [0.717, 1.165) is 22.4 Å². The lowest BCUT2D eigenvalue weighted by Crippen LogP contribution is -2.30. The lowest BCUT2D eigenvalue weighted by atomic mass is 10.3. The molecule has 1 N–H and O–H groups in total. The summed E-state index contributed by atoms with van der Waals surface area (Å²) in [5.41, 5.74) is 1.97. The molecule has 1 heterocycles. The van der Waals surface area contributed by atoms with Gasteiger partial charge in [-0.3, -0.25) is 14.4 Å². The number of rotatable bonds is 6. The third-order valence-corrected chi connectivity index (χ3v) is 3.66. The quantitative estimate of drug-likeness (QED) is 0.872. The Morgan fingerprint density at radius 2 is 2.18 bits per heavy atom. The highest BCUT2D eigenvalue weighted by molar-refractivity contribution is 9.10. The van der Waals surface area contributed by atoms with Gasteiger partial charge >= 0.3 is 5.97 Å². The number of halogens is 1. The minimum Gasteiger partial charge on any atom is -0.480 e. The maximum Gasteiger partial charge on any atom is 0.317 e. The maximum atomic E-state index is 10.7. The Morgan fingerprint density at radius 3 is 2.65 bits per heavy atom. The van der Waals surface area contributed by atoms with E-state index >= 15 is 0 Å². The highest BCUT2D eigenvalue weighted by atomic mass is 79.9. The zero-order valence-corrected chi connectivity index (χ0v) is 12.0. The van der Waals surface area contributed by atoms with Crippen LogP contribution in [0.3, 0.4) is 0 Å². The molecule has 0 saturated carbocycles. The van der Waals surface area contributed by atoms with E-state index in [4.69, 9.17) is 5.11 Å². The van der Waals surface area contributed by atoms with Gasteiger partial charge in [-0.2, -0.15) is 5.10 Å². The molecule has 0 aromatic carbocycles. The predicted molar refractivity (Wildman–Crippen MR) is 68.9 cm³/mol. The number of hydrogen-bond donors (Lipinski definition) is 1. The molecule has 1 aromatic heterocycles. The van der Waals surface area contributed by atoms with Crippen LogP contribution in [0, 0.1) is 6.92 Å². The minimum absolute atomic E-state index is 0.0525. The van der Waals surface area contributed by atoms with E-state index in [0.29, 0.717) is 13.1 Å². The lowest BCUT2D eigenvalue weighted by Gasteiger charge is -2.18. The van der Waals surface area contributed by atoms with Gasteiger partial charge in [-0.1, -0.05) is 6.92 Å². The first-order chi connectivity index (χ1) is 7.99. The van der Waals surface area contributed by atoms with E-state index in [9.17, 15) is 4.79 Å². The number of aryl methyl sites for hydroxylation is 2. The number of carboxylic acid groups (broad SMARTS) is 1. The first-order valence-electron chi connectivity index (χ1n) is 5.65. The second kappa shape index (κ2) is 6.16. The van der Waals surface area contributed by atoms with E-state index in [1.54, 1.807) is 0 Å². The molecule has 6 heteroatoms. The summed E-state index contributed by atoms with van der Waals surface area (Å²) in [6, 6.07) is 0. The molecule has 0 atom stereocenters. The van der Waals surface area contributed by atoms with Crippen LogP contribution in [0.2, 0.25) is 0 Å². The van der Waals surface area contributed by atoms with E-state index in [-0.39, 0.29) is 6.54 Å².